The fourth-order valence-corrected chi connectivity index (χ4v) is 3.47. The van der Waals surface area contributed by atoms with Gasteiger partial charge in [-0.2, -0.15) is 0 Å². The van der Waals surface area contributed by atoms with Crippen LogP contribution in [-0.2, 0) is 16.0 Å². The maximum Gasteiger partial charge on any atom is 0.161 e. The Morgan fingerprint density at radius 1 is 1.08 bits per heavy atom. The second kappa shape index (κ2) is 10.1. The van der Waals surface area contributed by atoms with E-state index in [4.69, 9.17) is 18.9 Å². The maximum absolute atomic E-state index is 6.05. The molecule has 2 fully saturated rings. The first-order chi connectivity index (χ1) is 12.8. The quantitative estimate of drug-likeness (QED) is 0.703. The van der Waals surface area contributed by atoms with Crippen LogP contribution in [0.5, 0.6) is 11.5 Å². The minimum Gasteiger partial charge on any atom is -0.493 e. The van der Waals surface area contributed by atoms with Gasteiger partial charge in [0.1, 0.15) is 6.61 Å². The lowest BCUT2D eigenvalue weighted by atomic mass is 10.1. The van der Waals surface area contributed by atoms with Crippen LogP contribution in [0.25, 0.3) is 0 Å². The minimum absolute atomic E-state index is 0.353. The van der Waals surface area contributed by atoms with Crippen LogP contribution in [0.1, 0.15) is 18.9 Å². The van der Waals surface area contributed by atoms with Gasteiger partial charge in [0.25, 0.3) is 0 Å². The number of hydrogen-bond acceptors (Lipinski definition) is 6. The van der Waals surface area contributed by atoms with E-state index >= 15 is 0 Å². The molecular weight excluding hydrogens is 332 g/mol. The Morgan fingerprint density at radius 3 is 2.65 bits per heavy atom. The topological polar surface area (TPSA) is 43.4 Å². The van der Waals surface area contributed by atoms with Crippen LogP contribution >= 0.6 is 0 Å². The Morgan fingerprint density at radius 2 is 1.88 bits per heavy atom. The Kier molecular flexibility index (Phi) is 7.55. The van der Waals surface area contributed by atoms with Crippen LogP contribution in [0, 0.1) is 0 Å². The molecule has 0 aliphatic carbocycles. The molecule has 2 heterocycles. The van der Waals surface area contributed by atoms with Crippen molar-refractivity contribution in [3.05, 3.63) is 23.8 Å². The van der Waals surface area contributed by atoms with Crippen molar-refractivity contribution < 1.29 is 18.9 Å². The minimum atomic E-state index is 0.353. The van der Waals surface area contributed by atoms with E-state index in [9.17, 15) is 0 Å². The standard InChI is InChI=1S/C20H32N2O4/c1-3-18-16-22(9-12-25-18)15-17-4-5-19(23-2)20(14-17)26-13-8-21-6-10-24-11-7-21/h4-5,14,18H,3,6-13,15-16H2,1-2H3. The number of benzene rings is 1. The van der Waals surface area contributed by atoms with Crippen molar-refractivity contribution in [1.82, 2.24) is 9.80 Å². The first-order valence-electron chi connectivity index (χ1n) is 9.72. The van der Waals surface area contributed by atoms with E-state index < -0.39 is 0 Å². The highest BCUT2D eigenvalue weighted by atomic mass is 16.5. The van der Waals surface area contributed by atoms with Crippen molar-refractivity contribution in [2.45, 2.75) is 26.0 Å². The molecular formula is C20H32N2O4. The molecule has 0 saturated carbocycles. The van der Waals surface area contributed by atoms with Gasteiger partial charge in [-0.25, -0.2) is 0 Å². The predicted molar refractivity (Wildman–Crippen MR) is 101 cm³/mol. The summed E-state index contributed by atoms with van der Waals surface area (Å²) in [7, 11) is 1.69. The SMILES string of the molecule is CCC1CN(Cc2ccc(OC)c(OCCN3CCOCC3)c2)CCO1. The highest BCUT2D eigenvalue weighted by Gasteiger charge is 2.19. The van der Waals surface area contributed by atoms with Crippen LogP contribution in [0.3, 0.4) is 0 Å². The fraction of sp³-hybridized carbons (Fsp3) is 0.700. The highest BCUT2D eigenvalue weighted by Crippen LogP contribution is 2.29. The lowest BCUT2D eigenvalue weighted by molar-refractivity contribution is -0.0324. The molecule has 2 aliphatic rings. The van der Waals surface area contributed by atoms with Gasteiger partial charge in [0.2, 0.25) is 0 Å². The van der Waals surface area contributed by atoms with E-state index in [1.165, 1.54) is 5.56 Å². The Balaban J connectivity index is 1.55. The smallest absolute Gasteiger partial charge is 0.161 e. The van der Waals surface area contributed by atoms with Crippen LogP contribution in [0.15, 0.2) is 18.2 Å². The van der Waals surface area contributed by atoms with Crippen molar-refractivity contribution in [3.63, 3.8) is 0 Å². The summed E-state index contributed by atoms with van der Waals surface area (Å²) in [6.07, 6.45) is 1.42. The van der Waals surface area contributed by atoms with Gasteiger partial charge in [0, 0.05) is 39.3 Å². The van der Waals surface area contributed by atoms with E-state index in [2.05, 4.69) is 28.9 Å². The van der Waals surface area contributed by atoms with Crippen molar-refractivity contribution in [2.24, 2.45) is 0 Å². The van der Waals surface area contributed by atoms with Crippen LogP contribution in [0.4, 0.5) is 0 Å². The van der Waals surface area contributed by atoms with Gasteiger partial charge in [0.05, 0.1) is 33.0 Å². The predicted octanol–water partition coefficient (Wildman–Crippen LogP) is 2.02. The average Bonchev–Trinajstić information content (AvgIpc) is 2.69. The average molecular weight is 364 g/mol. The van der Waals surface area contributed by atoms with E-state index in [0.717, 1.165) is 77.0 Å². The fourth-order valence-electron chi connectivity index (χ4n) is 3.47. The van der Waals surface area contributed by atoms with Crippen molar-refractivity contribution in [2.75, 3.05) is 66.3 Å². The van der Waals surface area contributed by atoms with Crippen molar-refractivity contribution >= 4 is 0 Å². The molecule has 2 aliphatic heterocycles. The van der Waals surface area contributed by atoms with Gasteiger partial charge in [-0.15, -0.1) is 0 Å². The Bertz CT molecular complexity index is 549. The van der Waals surface area contributed by atoms with Gasteiger partial charge < -0.3 is 18.9 Å². The Hall–Kier alpha value is -1.34. The summed E-state index contributed by atoms with van der Waals surface area (Å²) in [6, 6.07) is 6.26. The van der Waals surface area contributed by atoms with E-state index in [-0.39, 0.29) is 0 Å². The van der Waals surface area contributed by atoms with Gasteiger partial charge >= 0.3 is 0 Å². The summed E-state index contributed by atoms with van der Waals surface area (Å²) in [5.74, 6) is 1.63. The van der Waals surface area contributed by atoms with Crippen LogP contribution in [-0.4, -0.2) is 82.2 Å². The normalized spacial score (nSPS) is 22.3. The third kappa shape index (κ3) is 5.58. The number of methoxy groups -OCH3 is 1. The molecule has 0 radical (unpaired) electrons. The van der Waals surface area contributed by atoms with Gasteiger partial charge in [-0.05, 0) is 24.1 Å². The summed E-state index contributed by atoms with van der Waals surface area (Å²) >= 11 is 0. The van der Waals surface area contributed by atoms with Gasteiger partial charge in [0.15, 0.2) is 11.5 Å². The molecule has 0 aromatic heterocycles. The third-order valence-corrected chi connectivity index (χ3v) is 5.08. The molecule has 3 rings (SSSR count). The highest BCUT2D eigenvalue weighted by molar-refractivity contribution is 5.43. The van der Waals surface area contributed by atoms with Crippen LogP contribution in [0.2, 0.25) is 0 Å². The molecule has 1 aromatic rings. The summed E-state index contributed by atoms with van der Waals surface area (Å²) in [5.41, 5.74) is 1.25. The number of rotatable bonds is 8. The van der Waals surface area contributed by atoms with E-state index in [1.807, 2.05) is 6.07 Å². The molecule has 26 heavy (non-hydrogen) atoms. The second-order valence-electron chi connectivity index (χ2n) is 6.92. The molecule has 6 heteroatoms. The van der Waals surface area contributed by atoms with Crippen molar-refractivity contribution in [3.8, 4) is 11.5 Å². The third-order valence-electron chi connectivity index (χ3n) is 5.08. The summed E-state index contributed by atoms with van der Waals surface area (Å²) in [6.45, 7) is 11.1. The summed E-state index contributed by atoms with van der Waals surface area (Å²) in [5, 5.41) is 0. The molecule has 1 unspecified atom stereocenters. The zero-order chi connectivity index (χ0) is 18.2. The van der Waals surface area contributed by atoms with E-state index in [0.29, 0.717) is 12.7 Å². The maximum atomic E-state index is 6.05. The molecule has 0 spiro atoms. The first-order valence-corrected chi connectivity index (χ1v) is 9.72. The van der Waals surface area contributed by atoms with Crippen molar-refractivity contribution in [1.29, 1.82) is 0 Å². The molecule has 6 nitrogen and oxygen atoms in total. The number of nitrogens with zero attached hydrogens (tertiary/aromatic N) is 2. The molecule has 1 atom stereocenters. The zero-order valence-electron chi connectivity index (χ0n) is 16.1. The molecule has 0 N–H and O–H groups in total. The Labute approximate surface area is 157 Å². The number of morpholine rings is 2. The lowest BCUT2D eigenvalue weighted by Gasteiger charge is -2.32. The zero-order valence-corrected chi connectivity index (χ0v) is 16.1. The second-order valence-corrected chi connectivity index (χ2v) is 6.92. The molecule has 2 saturated heterocycles. The van der Waals surface area contributed by atoms with Crippen LogP contribution < -0.4 is 9.47 Å². The molecule has 146 valence electrons. The molecule has 0 amide bonds. The molecule has 0 bridgehead atoms. The summed E-state index contributed by atoms with van der Waals surface area (Å²) < 4.78 is 22.7. The molecule has 1 aromatic carbocycles. The summed E-state index contributed by atoms with van der Waals surface area (Å²) in [4.78, 5) is 4.83. The van der Waals surface area contributed by atoms with Gasteiger partial charge in [-0.1, -0.05) is 13.0 Å². The lowest BCUT2D eigenvalue weighted by Crippen LogP contribution is -2.41. The van der Waals surface area contributed by atoms with Gasteiger partial charge in [-0.3, -0.25) is 9.80 Å². The number of ether oxygens (including phenoxy) is 4. The monoisotopic (exact) mass is 364 g/mol. The number of hydrogen-bond donors (Lipinski definition) is 0. The largest absolute Gasteiger partial charge is 0.493 e. The van der Waals surface area contributed by atoms with E-state index in [1.54, 1.807) is 7.11 Å². The first kappa shape index (κ1) is 19.4.